The molecule has 25 heavy (non-hydrogen) atoms. The van der Waals surface area contributed by atoms with Crippen molar-refractivity contribution >= 4 is 11.6 Å². The van der Waals surface area contributed by atoms with E-state index in [1.807, 2.05) is 66.4 Å². The Bertz CT molecular complexity index is 661. The molecule has 0 aliphatic carbocycles. The molecule has 2 aromatic rings. The van der Waals surface area contributed by atoms with Gasteiger partial charge in [-0.15, -0.1) is 0 Å². The van der Waals surface area contributed by atoms with Gasteiger partial charge in [-0.05, 0) is 30.7 Å². The van der Waals surface area contributed by atoms with Gasteiger partial charge in [0, 0.05) is 6.54 Å². The first-order valence-corrected chi connectivity index (χ1v) is 8.52. The Morgan fingerprint density at radius 1 is 1.16 bits per heavy atom. The van der Waals surface area contributed by atoms with Gasteiger partial charge >= 0.3 is 0 Å². The zero-order valence-electron chi connectivity index (χ0n) is 14.8. The summed E-state index contributed by atoms with van der Waals surface area (Å²) in [6.07, 6.45) is 0.0623. The molecule has 0 saturated carbocycles. The minimum absolute atomic E-state index is 0.0967. The van der Waals surface area contributed by atoms with Crippen LogP contribution in [0.3, 0.4) is 0 Å². The second-order valence-electron chi connectivity index (χ2n) is 5.83. The molecule has 0 bridgehead atoms. The molecular formula is C20H26N2O3. The van der Waals surface area contributed by atoms with Crippen molar-refractivity contribution in [3.05, 3.63) is 60.2 Å². The predicted octanol–water partition coefficient (Wildman–Crippen LogP) is 3.08. The molecule has 0 heterocycles. The van der Waals surface area contributed by atoms with Crippen LogP contribution in [0.5, 0.6) is 5.75 Å². The van der Waals surface area contributed by atoms with Crippen molar-refractivity contribution in [3.63, 3.8) is 0 Å². The molecule has 0 radical (unpaired) electrons. The maximum absolute atomic E-state index is 12.3. The number of likely N-dealkylation sites (N-methyl/N-ethyl adjacent to an activating group) is 1. The largest absolute Gasteiger partial charge is 0.495 e. The number of aliphatic hydroxyl groups is 1. The molecular weight excluding hydrogens is 316 g/mol. The molecule has 0 aliphatic heterocycles. The second kappa shape index (κ2) is 9.81. The van der Waals surface area contributed by atoms with Crippen LogP contribution in [0.2, 0.25) is 0 Å². The van der Waals surface area contributed by atoms with Gasteiger partial charge in [0.15, 0.2) is 0 Å². The van der Waals surface area contributed by atoms with Crippen LogP contribution >= 0.6 is 0 Å². The minimum atomic E-state index is -0.521. The van der Waals surface area contributed by atoms with Crippen molar-refractivity contribution in [3.8, 4) is 5.75 Å². The molecule has 1 amide bonds. The summed E-state index contributed by atoms with van der Waals surface area (Å²) in [5.41, 5.74) is 1.56. The number of hydrogen-bond donors (Lipinski definition) is 2. The molecule has 5 nitrogen and oxygen atoms in total. The number of aliphatic hydroxyl groups excluding tert-OH is 1. The van der Waals surface area contributed by atoms with E-state index in [1.54, 1.807) is 7.11 Å². The number of ether oxygens (including phenoxy) is 1. The third-order valence-corrected chi connectivity index (χ3v) is 4.10. The van der Waals surface area contributed by atoms with Gasteiger partial charge in [-0.25, -0.2) is 0 Å². The third-order valence-electron chi connectivity index (χ3n) is 4.10. The van der Waals surface area contributed by atoms with E-state index in [4.69, 9.17) is 4.74 Å². The average molecular weight is 342 g/mol. The highest BCUT2D eigenvalue weighted by Crippen LogP contribution is 2.23. The van der Waals surface area contributed by atoms with Gasteiger partial charge < -0.3 is 15.2 Å². The van der Waals surface area contributed by atoms with E-state index in [9.17, 15) is 9.90 Å². The number of carbonyl (C=O) groups is 1. The molecule has 0 unspecified atom stereocenters. The number of anilines is 1. The molecule has 0 fully saturated rings. The molecule has 134 valence electrons. The SMILES string of the molecule is CCN(CC[C@@H](O)c1ccccc1)CC(=O)Nc1ccccc1OC. The normalized spacial score (nSPS) is 12.0. The van der Waals surface area contributed by atoms with Crippen LogP contribution in [0, 0.1) is 0 Å². The van der Waals surface area contributed by atoms with E-state index >= 15 is 0 Å². The Morgan fingerprint density at radius 3 is 2.52 bits per heavy atom. The molecule has 5 heteroatoms. The lowest BCUT2D eigenvalue weighted by atomic mass is 10.1. The lowest BCUT2D eigenvalue weighted by Gasteiger charge is -2.22. The number of para-hydroxylation sites is 2. The topological polar surface area (TPSA) is 61.8 Å². The third kappa shape index (κ3) is 5.89. The van der Waals surface area contributed by atoms with Gasteiger partial charge in [0.05, 0.1) is 25.4 Å². The number of rotatable bonds is 9. The van der Waals surface area contributed by atoms with Gasteiger partial charge in [-0.3, -0.25) is 9.69 Å². The summed E-state index contributed by atoms with van der Waals surface area (Å²) in [6.45, 7) is 3.66. The monoisotopic (exact) mass is 342 g/mol. The summed E-state index contributed by atoms with van der Waals surface area (Å²) < 4.78 is 5.24. The number of methoxy groups -OCH3 is 1. The van der Waals surface area contributed by atoms with Crippen LogP contribution in [0.4, 0.5) is 5.69 Å². The first kappa shape index (κ1) is 19.0. The molecule has 1 atom stereocenters. The maximum Gasteiger partial charge on any atom is 0.238 e. The van der Waals surface area contributed by atoms with Gasteiger partial charge in [0.1, 0.15) is 5.75 Å². The van der Waals surface area contributed by atoms with Gasteiger partial charge in [-0.2, -0.15) is 0 Å². The smallest absolute Gasteiger partial charge is 0.238 e. The fraction of sp³-hybridized carbons (Fsp3) is 0.350. The van der Waals surface area contributed by atoms with Crippen molar-refractivity contribution in [1.29, 1.82) is 0 Å². The molecule has 2 N–H and O–H groups in total. The van der Waals surface area contributed by atoms with Crippen molar-refractivity contribution in [1.82, 2.24) is 4.90 Å². The number of nitrogens with zero attached hydrogens (tertiary/aromatic N) is 1. The standard InChI is InChI=1S/C20H26N2O3/c1-3-22(14-13-18(23)16-9-5-4-6-10-16)15-20(24)21-17-11-7-8-12-19(17)25-2/h4-12,18,23H,3,13-15H2,1-2H3,(H,21,24)/t18-/m1/s1. The van der Waals surface area contributed by atoms with Gasteiger partial charge in [-0.1, -0.05) is 49.4 Å². The Kier molecular flexibility index (Phi) is 7.44. The van der Waals surface area contributed by atoms with E-state index in [0.29, 0.717) is 24.4 Å². The zero-order chi connectivity index (χ0) is 18.1. The number of hydrogen-bond acceptors (Lipinski definition) is 4. The molecule has 2 rings (SSSR count). The van der Waals surface area contributed by atoms with Crippen molar-refractivity contribution in [2.45, 2.75) is 19.4 Å². The molecule has 0 aliphatic rings. The second-order valence-corrected chi connectivity index (χ2v) is 5.83. The minimum Gasteiger partial charge on any atom is -0.495 e. The summed E-state index contributed by atoms with van der Waals surface area (Å²) >= 11 is 0. The van der Waals surface area contributed by atoms with E-state index in [2.05, 4.69) is 5.32 Å². The quantitative estimate of drug-likeness (QED) is 0.735. The number of nitrogens with one attached hydrogen (secondary N) is 1. The molecule has 0 aromatic heterocycles. The van der Waals surface area contributed by atoms with Crippen molar-refractivity contribution < 1.29 is 14.6 Å². The maximum atomic E-state index is 12.3. The predicted molar refractivity (Wildman–Crippen MR) is 99.8 cm³/mol. The fourth-order valence-electron chi connectivity index (χ4n) is 2.64. The van der Waals surface area contributed by atoms with E-state index < -0.39 is 6.10 Å². The number of amides is 1. The van der Waals surface area contributed by atoms with Crippen molar-refractivity contribution in [2.75, 3.05) is 32.1 Å². The van der Waals surface area contributed by atoms with Crippen LogP contribution < -0.4 is 10.1 Å². The Balaban J connectivity index is 1.85. The molecule has 2 aromatic carbocycles. The first-order chi connectivity index (χ1) is 12.1. The Morgan fingerprint density at radius 2 is 1.84 bits per heavy atom. The van der Waals surface area contributed by atoms with Crippen LogP contribution in [-0.4, -0.2) is 42.7 Å². The highest BCUT2D eigenvalue weighted by Gasteiger charge is 2.14. The summed E-state index contributed by atoms with van der Waals surface area (Å²) in [4.78, 5) is 14.3. The van der Waals surface area contributed by atoms with Gasteiger partial charge in [0.2, 0.25) is 5.91 Å². The lowest BCUT2D eigenvalue weighted by Crippen LogP contribution is -2.34. The number of carbonyl (C=O) groups excluding carboxylic acids is 1. The first-order valence-electron chi connectivity index (χ1n) is 8.52. The molecule has 0 saturated heterocycles. The summed E-state index contributed by atoms with van der Waals surface area (Å²) in [5, 5.41) is 13.1. The highest BCUT2D eigenvalue weighted by atomic mass is 16.5. The van der Waals surface area contributed by atoms with Crippen molar-refractivity contribution in [2.24, 2.45) is 0 Å². The van der Waals surface area contributed by atoms with Gasteiger partial charge in [0.25, 0.3) is 0 Å². The number of benzene rings is 2. The summed E-state index contributed by atoms with van der Waals surface area (Å²) in [7, 11) is 1.58. The summed E-state index contributed by atoms with van der Waals surface area (Å²) in [6, 6.07) is 16.9. The van der Waals surface area contributed by atoms with Crippen LogP contribution in [-0.2, 0) is 4.79 Å². The fourth-order valence-corrected chi connectivity index (χ4v) is 2.64. The highest BCUT2D eigenvalue weighted by molar-refractivity contribution is 5.93. The molecule has 0 spiro atoms. The summed E-state index contributed by atoms with van der Waals surface area (Å²) in [5.74, 6) is 0.541. The van der Waals surface area contributed by atoms with E-state index in [-0.39, 0.29) is 12.5 Å². The lowest BCUT2D eigenvalue weighted by molar-refractivity contribution is -0.117. The van der Waals surface area contributed by atoms with Crippen LogP contribution in [0.25, 0.3) is 0 Å². The van der Waals surface area contributed by atoms with E-state index in [1.165, 1.54) is 0 Å². The average Bonchev–Trinajstić information content (AvgIpc) is 2.65. The zero-order valence-corrected chi connectivity index (χ0v) is 14.8. The Hall–Kier alpha value is -2.37. The van der Waals surface area contributed by atoms with Crippen LogP contribution in [0.1, 0.15) is 25.0 Å². The Labute approximate surface area is 149 Å². The van der Waals surface area contributed by atoms with Crippen LogP contribution in [0.15, 0.2) is 54.6 Å². The van der Waals surface area contributed by atoms with E-state index in [0.717, 1.165) is 12.1 Å².